The normalized spacial score (nSPS) is 15.1. The van der Waals surface area contributed by atoms with Crippen LogP contribution in [0.2, 0.25) is 5.02 Å². The van der Waals surface area contributed by atoms with Crippen molar-refractivity contribution in [1.82, 2.24) is 14.7 Å². The predicted octanol–water partition coefficient (Wildman–Crippen LogP) is 5.12. The quantitative estimate of drug-likeness (QED) is 0.402. The van der Waals surface area contributed by atoms with Crippen molar-refractivity contribution in [2.75, 3.05) is 18.4 Å². The number of hydrogen-bond acceptors (Lipinski definition) is 4. The van der Waals surface area contributed by atoms with E-state index in [2.05, 4.69) is 12.2 Å². The molecule has 0 saturated carbocycles. The van der Waals surface area contributed by atoms with Gasteiger partial charge in [-0.3, -0.25) is 14.3 Å². The molecular formula is C26H27ClN4O4. The van der Waals surface area contributed by atoms with Crippen molar-refractivity contribution in [2.24, 2.45) is 0 Å². The Hall–Kier alpha value is -3.65. The molecule has 3 aromatic rings. The number of halogens is 1. The van der Waals surface area contributed by atoms with Crippen LogP contribution >= 0.6 is 11.6 Å². The number of unbranched alkanes of at least 4 members (excludes halogenated alkanes) is 2. The fraction of sp³-hybridized carbons (Fsp3) is 0.308. The number of fused-ring (bicyclic) bond motifs is 1. The number of amides is 2. The van der Waals surface area contributed by atoms with E-state index in [0.29, 0.717) is 23.0 Å². The fourth-order valence-corrected chi connectivity index (χ4v) is 4.42. The summed E-state index contributed by atoms with van der Waals surface area (Å²) >= 11 is 6.01. The van der Waals surface area contributed by atoms with Crippen LogP contribution in [0.1, 0.15) is 59.5 Å². The second-order valence-electron chi connectivity index (χ2n) is 8.60. The number of para-hydroxylation sites is 1. The lowest BCUT2D eigenvalue weighted by Gasteiger charge is -2.33. The molecule has 0 spiro atoms. The zero-order chi connectivity index (χ0) is 24.9. The topological polar surface area (TPSA) is 105 Å². The van der Waals surface area contributed by atoms with Gasteiger partial charge in [0.25, 0.3) is 5.91 Å². The first-order chi connectivity index (χ1) is 16.9. The standard InChI is InChI=1S/C26H27ClN4O4/c1-2-3-4-7-19-15-30(16-24(32)28-21-9-6-5-8-20(21)26(34)35)25(33)23-14-22(29-31(19)23)17-10-12-18(27)13-11-17/h5-6,8-14,19H,2-4,7,15-16H2,1H3,(H,28,32)(H,34,35). The minimum absolute atomic E-state index is 0.00561. The van der Waals surface area contributed by atoms with Crippen molar-refractivity contribution in [1.29, 1.82) is 0 Å². The van der Waals surface area contributed by atoms with Crippen molar-refractivity contribution in [2.45, 2.75) is 38.6 Å². The first-order valence-electron chi connectivity index (χ1n) is 11.6. The van der Waals surface area contributed by atoms with E-state index in [1.54, 1.807) is 35.0 Å². The lowest BCUT2D eigenvalue weighted by Crippen LogP contribution is -2.46. The maximum absolute atomic E-state index is 13.3. The Balaban J connectivity index is 1.57. The molecule has 35 heavy (non-hydrogen) atoms. The maximum Gasteiger partial charge on any atom is 0.337 e. The monoisotopic (exact) mass is 494 g/mol. The van der Waals surface area contributed by atoms with Gasteiger partial charge >= 0.3 is 5.97 Å². The number of hydrogen-bond donors (Lipinski definition) is 2. The van der Waals surface area contributed by atoms with Crippen molar-refractivity contribution < 1.29 is 19.5 Å². The molecule has 0 bridgehead atoms. The summed E-state index contributed by atoms with van der Waals surface area (Å²) in [7, 11) is 0. The lowest BCUT2D eigenvalue weighted by molar-refractivity contribution is -0.117. The number of nitrogens with zero attached hydrogens (tertiary/aromatic N) is 3. The number of anilines is 1. The SMILES string of the molecule is CCCCCC1CN(CC(=O)Nc2ccccc2C(=O)O)C(=O)c2cc(-c3ccc(Cl)cc3)nn21. The Kier molecular flexibility index (Phi) is 7.51. The van der Waals surface area contributed by atoms with Crippen molar-refractivity contribution in [3.8, 4) is 11.3 Å². The van der Waals surface area contributed by atoms with Gasteiger partial charge in [0, 0.05) is 17.1 Å². The van der Waals surface area contributed by atoms with Crippen LogP contribution in [0.15, 0.2) is 54.6 Å². The number of carboxylic acids is 1. The number of aromatic carboxylic acids is 1. The van der Waals surface area contributed by atoms with E-state index in [1.165, 1.54) is 17.0 Å². The molecule has 182 valence electrons. The van der Waals surface area contributed by atoms with Crippen LogP contribution in [0.5, 0.6) is 0 Å². The zero-order valence-corrected chi connectivity index (χ0v) is 20.2. The summed E-state index contributed by atoms with van der Waals surface area (Å²) in [6.45, 7) is 2.30. The minimum Gasteiger partial charge on any atom is -0.478 e. The molecular weight excluding hydrogens is 468 g/mol. The summed E-state index contributed by atoms with van der Waals surface area (Å²) in [4.78, 5) is 39.1. The summed E-state index contributed by atoms with van der Waals surface area (Å²) in [5, 5.41) is 17.4. The Labute approximate surface area is 208 Å². The third kappa shape index (κ3) is 5.54. The molecule has 1 unspecified atom stereocenters. The Morgan fingerprint density at radius 3 is 2.60 bits per heavy atom. The molecule has 9 heteroatoms. The second-order valence-corrected chi connectivity index (χ2v) is 9.04. The van der Waals surface area contributed by atoms with Gasteiger partial charge < -0.3 is 15.3 Å². The first kappa shape index (κ1) is 24.5. The van der Waals surface area contributed by atoms with Gasteiger partial charge in [-0.25, -0.2) is 4.79 Å². The third-order valence-electron chi connectivity index (χ3n) is 6.07. The van der Waals surface area contributed by atoms with E-state index in [0.717, 1.165) is 31.2 Å². The molecule has 0 saturated heterocycles. The number of rotatable bonds is 9. The van der Waals surface area contributed by atoms with Crippen LogP contribution in [0, 0.1) is 0 Å². The summed E-state index contributed by atoms with van der Waals surface area (Å²) in [5.41, 5.74) is 2.15. The predicted molar refractivity (Wildman–Crippen MR) is 134 cm³/mol. The highest BCUT2D eigenvalue weighted by atomic mass is 35.5. The molecule has 4 rings (SSSR count). The maximum atomic E-state index is 13.3. The van der Waals surface area contributed by atoms with E-state index >= 15 is 0 Å². The molecule has 2 amide bonds. The highest BCUT2D eigenvalue weighted by Crippen LogP contribution is 2.30. The van der Waals surface area contributed by atoms with Crippen molar-refractivity contribution in [3.63, 3.8) is 0 Å². The zero-order valence-electron chi connectivity index (χ0n) is 19.4. The number of benzene rings is 2. The highest BCUT2D eigenvalue weighted by molar-refractivity contribution is 6.30. The number of aromatic nitrogens is 2. The summed E-state index contributed by atoms with van der Waals surface area (Å²) in [6.07, 6.45) is 3.95. The lowest BCUT2D eigenvalue weighted by atomic mass is 10.0. The molecule has 1 aliphatic heterocycles. The van der Waals surface area contributed by atoms with Crippen molar-refractivity contribution >= 4 is 35.1 Å². The summed E-state index contributed by atoms with van der Waals surface area (Å²) < 4.78 is 1.79. The number of nitrogens with one attached hydrogen (secondary N) is 1. The molecule has 0 fully saturated rings. The van der Waals surface area contributed by atoms with E-state index in [1.807, 2.05) is 12.1 Å². The van der Waals surface area contributed by atoms with E-state index in [9.17, 15) is 19.5 Å². The van der Waals surface area contributed by atoms with Gasteiger partial charge in [0.2, 0.25) is 5.91 Å². The van der Waals surface area contributed by atoms with Crippen LogP contribution in [-0.4, -0.2) is 50.7 Å². The number of carbonyl (C=O) groups is 3. The smallest absolute Gasteiger partial charge is 0.337 e. The van der Waals surface area contributed by atoms with Gasteiger partial charge in [-0.2, -0.15) is 5.10 Å². The molecule has 0 radical (unpaired) electrons. The largest absolute Gasteiger partial charge is 0.478 e. The van der Waals surface area contributed by atoms with Gasteiger partial charge in [0.1, 0.15) is 12.2 Å². The highest BCUT2D eigenvalue weighted by Gasteiger charge is 2.34. The second kappa shape index (κ2) is 10.7. The Bertz CT molecular complexity index is 1240. The molecule has 0 aliphatic carbocycles. The fourth-order valence-electron chi connectivity index (χ4n) is 4.29. The first-order valence-corrected chi connectivity index (χ1v) is 12.0. The Morgan fingerprint density at radius 2 is 1.89 bits per heavy atom. The Morgan fingerprint density at radius 1 is 1.14 bits per heavy atom. The van der Waals surface area contributed by atoms with Crippen LogP contribution < -0.4 is 5.32 Å². The van der Waals surface area contributed by atoms with Crippen LogP contribution in [0.3, 0.4) is 0 Å². The van der Waals surface area contributed by atoms with Crippen LogP contribution in [0.4, 0.5) is 5.69 Å². The summed E-state index contributed by atoms with van der Waals surface area (Å²) in [6, 6.07) is 15.2. The van der Waals surface area contributed by atoms with E-state index < -0.39 is 11.9 Å². The van der Waals surface area contributed by atoms with Gasteiger partial charge in [-0.15, -0.1) is 0 Å². The average Bonchev–Trinajstić information content (AvgIpc) is 3.29. The van der Waals surface area contributed by atoms with Crippen molar-refractivity contribution in [3.05, 3.63) is 70.9 Å². The van der Waals surface area contributed by atoms with Gasteiger partial charge in [-0.1, -0.05) is 62.1 Å². The molecule has 1 aliphatic rings. The summed E-state index contributed by atoms with van der Waals surface area (Å²) in [5.74, 6) is -1.87. The minimum atomic E-state index is -1.13. The molecule has 2 aromatic carbocycles. The number of carbonyl (C=O) groups excluding carboxylic acids is 2. The van der Waals surface area contributed by atoms with Gasteiger partial charge in [-0.05, 0) is 36.8 Å². The molecule has 8 nitrogen and oxygen atoms in total. The van der Waals surface area contributed by atoms with Crippen LogP contribution in [-0.2, 0) is 4.79 Å². The molecule has 1 aromatic heterocycles. The van der Waals surface area contributed by atoms with Gasteiger partial charge in [0.05, 0.1) is 23.0 Å². The van der Waals surface area contributed by atoms with E-state index in [-0.39, 0.29) is 29.7 Å². The molecule has 2 N–H and O–H groups in total. The molecule has 1 atom stereocenters. The third-order valence-corrected chi connectivity index (χ3v) is 6.32. The number of carboxylic acid groups (broad SMARTS) is 1. The average molecular weight is 495 g/mol. The van der Waals surface area contributed by atoms with Gasteiger partial charge in [0.15, 0.2) is 0 Å². The molecule has 2 heterocycles. The van der Waals surface area contributed by atoms with Crippen LogP contribution in [0.25, 0.3) is 11.3 Å². The van der Waals surface area contributed by atoms with E-state index in [4.69, 9.17) is 16.7 Å².